The molecule has 0 N–H and O–H groups in total. The van der Waals surface area contributed by atoms with Crippen LogP contribution in [-0.4, -0.2) is 44.3 Å². The van der Waals surface area contributed by atoms with Crippen molar-refractivity contribution in [2.45, 2.75) is 26.3 Å². The van der Waals surface area contributed by atoms with Crippen LogP contribution >= 0.6 is 0 Å². The summed E-state index contributed by atoms with van der Waals surface area (Å²) in [5.74, 6) is -2.72. The van der Waals surface area contributed by atoms with Crippen LogP contribution in [0, 0.1) is 5.92 Å². The fourth-order valence-corrected chi connectivity index (χ4v) is 2.14. The number of hydrogen-bond donors (Lipinski definition) is 0. The molecule has 2 rings (SSSR count). The van der Waals surface area contributed by atoms with Gasteiger partial charge < -0.3 is 0 Å². The Morgan fingerprint density at radius 3 is 2.41 bits per heavy atom. The van der Waals surface area contributed by atoms with Crippen LogP contribution in [0.15, 0.2) is 14.7 Å². The Morgan fingerprint density at radius 1 is 1.18 bits per heavy atom. The number of nitrogens with zero attached hydrogens (tertiary/aromatic N) is 5. The molecule has 118 valence electrons. The lowest BCUT2D eigenvalue weighted by Crippen LogP contribution is -2.47. The minimum atomic E-state index is -1.17. The number of likely N-dealkylation sites (N-methyl/N-ethyl adjacent to an activating group) is 1. The van der Waals surface area contributed by atoms with Gasteiger partial charge in [0.05, 0.1) is 0 Å². The highest BCUT2D eigenvalue weighted by Gasteiger charge is 2.35. The molecule has 0 fully saturated rings. The summed E-state index contributed by atoms with van der Waals surface area (Å²) >= 11 is 0. The number of hydrazone groups is 1. The zero-order valence-electron chi connectivity index (χ0n) is 12.8. The molecule has 0 spiro atoms. The van der Waals surface area contributed by atoms with Gasteiger partial charge in [0, 0.05) is 26.9 Å². The van der Waals surface area contributed by atoms with Gasteiger partial charge in [-0.2, -0.15) is 10.2 Å². The van der Waals surface area contributed by atoms with E-state index >= 15 is 0 Å². The molecular weight excluding hydrogens is 290 g/mol. The van der Waals surface area contributed by atoms with Crippen LogP contribution in [-0.2, 0) is 23.2 Å². The van der Waals surface area contributed by atoms with E-state index in [0.717, 1.165) is 14.3 Å². The molecule has 0 aliphatic carbocycles. The molecule has 9 heteroatoms. The number of ketones is 1. The van der Waals surface area contributed by atoms with Gasteiger partial charge in [0.15, 0.2) is 0 Å². The maximum Gasteiger partial charge on any atom is 0.347 e. The average Bonchev–Trinajstić information content (AvgIpc) is 2.45. The molecule has 2 heterocycles. The second-order valence-corrected chi connectivity index (χ2v) is 5.54. The monoisotopic (exact) mass is 307 g/mol. The number of aryl methyl sites for hydroxylation is 1. The topological polar surface area (TPSA) is 107 Å². The van der Waals surface area contributed by atoms with Crippen LogP contribution < -0.4 is 11.2 Å². The molecule has 1 amide bonds. The van der Waals surface area contributed by atoms with Gasteiger partial charge in [-0.05, 0) is 5.92 Å². The molecule has 0 bridgehead atoms. The average molecular weight is 307 g/mol. The molecule has 0 saturated carbocycles. The molecule has 1 aliphatic heterocycles. The van der Waals surface area contributed by atoms with E-state index in [2.05, 4.69) is 10.2 Å². The molecule has 0 aromatic carbocycles. The first-order valence-corrected chi connectivity index (χ1v) is 6.78. The molecule has 1 aromatic rings. The van der Waals surface area contributed by atoms with Gasteiger partial charge in [-0.3, -0.25) is 19.0 Å². The first-order chi connectivity index (χ1) is 10.2. The quantitative estimate of drug-likeness (QED) is 0.646. The lowest BCUT2D eigenvalue weighted by molar-refractivity contribution is -0.144. The minimum absolute atomic E-state index is 0.0594. The molecule has 0 saturated heterocycles. The van der Waals surface area contributed by atoms with Crippen LogP contribution in [0.3, 0.4) is 0 Å². The molecule has 9 nitrogen and oxygen atoms in total. The molecular formula is C13H17N5O4. The van der Waals surface area contributed by atoms with E-state index < -0.39 is 28.9 Å². The third-order valence-electron chi connectivity index (χ3n) is 3.25. The van der Waals surface area contributed by atoms with E-state index in [1.54, 1.807) is 0 Å². The van der Waals surface area contributed by atoms with E-state index in [-0.39, 0.29) is 18.2 Å². The van der Waals surface area contributed by atoms with Crippen molar-refractivity contribution in [1.82, 2.24) is 19.4 Å². The third kappa shape index (κ3) is 2.61. The Bertz CT molecular complexity index is 774. The van der Waals surface area contributed by atoms with Crippen molar-refractivity contribution in [3.63, 3.8) is 0 Å². The summed E-state index contributed by atoms with van der Waals surface area (Å²) in [5.41, 5.74) is -1.40. The summed E-state index contributed by atoms with van der Waals surface area (Å²) in [6.45, 7) is 3.92. The Morgan fingerprint density at radius 2 is 1.82 bits per heavy atom. The van der Waals surface area contributed by atoms with Crippen LogP contribution in [0.1, 0.15) is 25.5 Å². The summed E-state index contributed by atoms with van der Waals surface area (Å²) in [5, 5.41) is 8.52. The molecule has 1 aromatic heterocycles. The lowest BCUT2D eigenvalue weighted by Gasteiger charge is -2.20. The predicted molar refractivity (Wildman–Crippen MR) is 77.6 cm³/mol. The number of carbonyl (C=O) groups excluding carboxylic acids is 2. The predicted octanol–water partition coefficient (Wildman–Crippen LogP) is -1.29. The zero-order chi connectivity index (χ0) is 16.6. The standard InChI is InChI=1S/C13H17N5O4/c1-7(2)6-18-11(20)9(15-17(4)13(18)22)8-5-14-16(3)12(21)10(8)19/h5,7-8H,6H2,1-4H3. The van der Waals surface area contributed by atoms with Crippen molar-refractivity contribution in [3.8, 4) is 0 Å². The van der Waals surface area contributed by atoms with Crippen molar-refractivity contribution in [2.24, 2.45) is 18.1 Å². The van der Waals surface area contributed by atoms with Crippen molar-refractivity contribution < 1.29 is 9.59 Å². The smallest absolute Gasteiger partial charge is 0.287 e. The number of carbonyl (C=O) groups is 2. The lowest BCUT2D eigenvalue weighted by atomic mass is 10.00. The summed E-state index contributed by atoms with van der Waals surface area (Å²) in [4.78, 5) is 48.2. The normalized spacial score (nSPS) is 18.4. The van der Waals surface area contributed by atoms with Gasteiger partial charge in [0.1, 0.15) is 11.6 Å². The highest BCUT2D eigenvalue weighted by molar-refractivity contribution is 6.42. The number of amides is 1. The number of hydrogen-bond acceptors (Lipinski definition) is 6. The molecule has 1 unspecified atom stereocenters. The summed E-state index contributed by atoms with van der Waals surface area (Å²) < 4.78 is 2.01. The molecule has 1 atom stereocenters. The SMILES string of the molecule is CC(C)Cn1c(=O)c(C2C=NN(C)C(=O)C2=O)nn(C)c1=O. The zero-order valence-corrected chi connectivity index (χ0v) is 12.8. The summed E-state index contributed by atoms with van der Waals surface area (Å²) in [6, 6.07) is 0. The fraction of sp³-hybridized carbons (Fsp3) is 0.538. The van der Waals surface area contributed by atoms with Gasteiger partial charge in [0.2, 0.25) is 5.78 Å². The molecule has 1 aliphatic rings. The van der Waals surface area contributed by atoms with Gasteiger partial charge in [-0.15, -0.1) is 0 Å². The second kappa shape index (κ2) is 5.66. The van der Waals surface area contributed by atoms with Crippen LogP contribution in [0.5, 0.6) is 0 Å². The van der Waals surface area contributed by atoms with Gasteiger partial charge >= 0.3 is 11.6 Å². The first kappa shape index (κ1) is 15.8. The highest BCUT2D eigenvalue weighted by Crippen LogP contribution is 2.14. The minimum Gasteiger partial charge on any atom is -0.287 e. The number of aromatic nitrogens is 3. The Hall–Kier alpha value is -2.58. The van der Waals surface area contributed by atoms with E-state index in [1.165, 1.54) is 20.3 Å². The Balaban J connectivity index is 2.62. The van der Waals surface area contributed by atoms with Gasteiger partial charge in [-0.25, -0.2) is 14.5 Å². The van der Waals surface area contributed by atoms with Crippen molar-refractivity contribution in [1.29, 1.82) is 0 Å². The number of rotatable bonds is 3. The van der Waals surface area contributed by atoms with Crippen molar-refractivity contribution in [2.75, 3.05) is 7.05 Å². The van der Waals surface area contributed by atoms with Crippen LogP contribution in [0.2, 0.25) is 0 Å². The van der Waals surface area contributed by atoms with Gasteiger partial charge in [0.25, 0.3) is 5.56 Å². The van der Waals surface area contributed by atoms with Gasteiger partial charge in [-0.1, -0.05) is 13.8 Å². The van der Waals surface area contributed by atoms with E-state index in [9.17, 15) is 19.2 Å². The van der Waals surface area contributed by atoms with Crippen molar-refractivity contribution in [3.05, 3.63) is 26.5 Å². The van der Waals surface area contributed by atoms with E-state index in [0.29, 0.717) is 0 Å². The van der Waals surface area contributed by atoms with Crippen molar-refractivity contribution >= 4 is 17.9 Å². The fourth-order valence-electron chi connectivity index (χ4n) is 2.14. The summed E-state index contributed by atoms with van der Waals surface area (Å²) in [6.07, 6.45) is 1.19. The largest absolute Gasteiger partial charge is 0.347 e. The third-order valence-corrected chi connectivity index (χ3v) is 3.25. The number of Topliss-reactive ketones (excluding diaryl/α,β-unsaturated/α-hetero) is 1. The molecule has 0 radical (unpaired) electrons. The highest BCUT2D eigenvalue weighted by atomic mass is 16.2. The maximum absolute atomic E-state index is 12.5. The Kier molecular flexibility index (Phi) is 4.07. The summed E-state index contributed by atoms with van der Waals surface area (Å²) in [7, 11) is 2.73. The van der Waals surface area contributed by atoms with Crippen LogP contribution in [0.4, 0.5) is 0 Å². The first-order valence-electron chi connectivity index (χ1n) is 6.78. The second-order valence-electron chi connectivity index (χ2n) is 5.54. The maximum atomic E-state index is 12.5. The van der Waals surface area contributed by atoms with Crippen LogP contribution in [0.25, 0.3) is 0 Å². The molecule has 22 heavy (non-hydrogen) atoms. The van der Waals surface area contributed by atoms with E-state index in [4.69, 9.17) is 0 Å². The van der Waals surface area contributed by atoms with E-state index in [1.807, 2.05) is 13.8 Å². The Labute approximate surface area is 125 Å².